The van der Waals surface area contributed by atoms with Crippen molar-refractivity contribution in [2.45, 2.75) is 13.5 Å². The van der Waals surface area contributed by atoms with Gasteiger partial charge >= 0.3 is 5.69 Å². The minimum atomic E-state index is -0.316. The zero-order chi connectivity index (χ0) is 14.8. The van der Waals surface area contributed by atoms with Crippen molar-refractivity contribution < 1.29 is 4.79 Å². The van der Waals surface area contributed by atoms with Gasteiger partial charge in [-0.05, 0) is 24.6 Å². The van der Waals surface area contributed by atoms with Gasteiger partial charge in [0.15, 0.2) is 0 Å². The fourth-order valence-electron chi connectivity index (χ4n) is 2.35. The molecule has 21 heavy (non-hydrogen) atoms. The lowest BCUT2D eigenvalue weighted by molar-refractivity contribution is 0.0952. The Bertz CT molecular complexity index is 861. The number of para-hydroxylation sites is 1. The number of carbonyl (C=O) groups is 1. The molecule has 0 spiro atoms. The minimum absolute atomic E-state index is 0.211. The van der Waals surface area contributed by atoms with E-state index in [2.05, 4.69) is 15.3 Å². The summed E-state index contributed by atoms with van der Waals surface area (Å²) in [6, 6.07) is 13.2. The first kappa shape index (κ1) is 13.2. The van der Waals surface area contributed by atoms with E-state index in [0.29, 0.717) is 23.1 Å². The summed E-state index contributed by atoms with van der Waals surface area (Å²) in [7, 11) is 0. The number of carbonyl (C=O) groups excluding carboxylic acids is 1. The summed E-state index contributed by atoms with van der Waals surface area (Å²) < 4.78 is 0. The van der Waals surface area contributed by atoms with Crippen LogP contribution in [0.4, 0.5) is 0 Å². The molecule has 1 aromatic heterocycles. The topological polar surface area (TPSA) is 77.8 Å². The number of aryl methyl sites for hydroxylation is 1. The number of fused-ring (bicyclic) bond motifs is 1. The molecule has 1 heterocycles. The standard InChI is InChI=1S/C16H15N3O2/c1-10-4-2-5-11(8-10)9-17-15(20)12-6-3-7-13-14(12)19-16(21)18-13/h2-8H,9H2,1H3,(H,17,20)(H2,18,19,21). The van der Waals surface area contributed by atoms with Gasteiger partial charge in [-0.25, -0.2) is 4.79 Å². The van der Waals surface area contributed by atoms with Gasteiger partial charge in [0.25, 0.3) is 5.91 Å². The maximum Gasteiger partial charge on any atom is 0.323 e. The van der Waals surface area contributed by atoms with Gasteiger partial charge in [0.1, 0.15) is 0 Å². The molecule has 0 aliphatic heterocycles. The van der Waals surface area contributed by atoms with Crippen LogP contribution in [-0.4, -0.2) is 15.9 Å². The average molecular weight is 281 g/mol. The quantitative estimate of drug-likeness (QED) is 0.687. The molecular weight excluding hydrogens is 266 g/mol. The Hall–Kier alpha value is -2.82. The minimum Gasteiger partial charge on any atom is -0.348 e. The zero-order valence-electron chi connectivity index (χ0n) is 11.6. The maximum atomic E-state index is 12.3. The molecule has 0 unspecified atom stereocenters. The highest BCUT2D eigenvalue weighted by atomic mass is 16.2. The number of hydrogen-bond acceptors (Lipinski definition) is 2. The van der Waals surface area contributed by atoms with Crippen LogP contribution >= 0.6 is 0 Å². The first-order valence-electron chi connectivity index (χ1n) is 6.68. The number of rotatable bonds is 3. The zero-order valence-corrected chi connectivity index (χ0v) is 11.6. The Labute approximate surface area is 121 Å². The largest absolute Gasteiger partial charge is 0.348 e. The molecule has 106 valence electrons. The third kappa shape index (κ3) is 2.72. The molecule has 3 aromatic rings. The second-order valence-corrected chi connectivity index (χ2v) is 4.98. The highest BCUT2D eigenvalue weighted by molar-refractivity contribution is 6.04. The maximum absolute atomic E-state index is 12.3. The van der Waals surface area contributed by atoms with Gasteiger partial charge in [-0.3, -0.25) is 4.79 Å². The lowest BCUT2D eigenvalue weighted by Gasteiger charge is -2.07. The second kappa shape index (κ2) is 5.28. The Balaban J connectivity index is 1.82. The number of hydrogen-bond donors (Lipinski definition) is 3. The van der Waals surface area contributed by atoms with E-state index in [1.54, 1.807) is 18.2 Å². The molecule has 0 saturated carbocycles. The van der Waals surface area contributed by atoms with Crippen molar-refractivity contribution in [2.24, 2.45) is 0 Å². The smallest absolute Gasteiger partial charge is 0.323 e. The van der Waals surface area contributed by atoms with Crippen LogP contribution in [0.5, 0.6) is 0 Å². The van der Waals surface area contributed by atoms with Crippen molar-refractivity contribution in [1.29, 1.82) is 0 Å². The third-order valence-electron chi connectivity index (χ3n) is 3.33. The van der Waals surface area contributed by atoms with E-state index in [1.165, 1.54) is 0 Å². The molecule has 1 amide bonds. The summed E-state index contributed by atoms with van der Waals surface area (Å²) >= 11 is 0. The molecule has 0 aliphatic carbocycles. The molecule has 2 aromatic carbocycles. The van der Waals surface area contributed by atoms with E-state index in [1.807, 2.05) is 31.2 Å². The molecule has 0 atom stereocenters. The number of imidazole rings is 1. The van der Waals surface area contributed by atoms with E-state index in [4.69, 9.17) is 0 Å². The Morgan fingerprint density at radius 3 is 2.76 bits per heavy atom. The molecule has 0 radical (unpaired) electrons. The summed E-state index contributed by atoms with van der Waals surface area (Å²) in [5, 5.41) is 2.87. The van der Waals surface area contributed by atoms with Crippen LogP contribution in [0.1, 0.15) is 21.5 Å². The van der Waals surface area contributed by atoms with Gasteiger partial charge in [0, 0.05) is 6.54 Å². The van der Waals surface area contributed by atoms with E-state index in [0.717, 1.165) is 11.1 Å². The molecule has 0 bridgehead atoms. The highest BCUT2D eigenvalue weighted by Crippen LogP contribution is 2.13. The van der Waals surface area contributed by atoms with Crippen LogP contribution in [0.2, 0.25) is 0 Å². The van der Waals surface area contributed by atoms with Gasteiger partial charge in [-0.15, -0.1) is 0 Å². The Kier molecular flexibility index (Phi) is 3.31. The normalized spacial score (nSPS) is 10.7. The van der Waals surface area contributed by atoms with Crippen LogP contribution in [0.3, 0.4) is 0 Å². The van der Waals surface area contributed by atoms with E-state index >= 15 is 0 Å². The van der Waals surface area contributed by atoms with Crippen molar-refractivity contribution in [3.05, 3.63) is 69.6 Å². The number of aromatic nitrogens is 2. The van der Waals surface area contributed by atoms with Crippen molar-refractivity contribution >= 4 is 16.9 Å². The fraction of sp³-hybridized carbons (Fsp3) is 0.125. The number of nitrogens with one attached hydrogen (secondary N) is 3. The SMILES string of the molecule is Cc1cccc(CNC(=O)c2cccc3[nH]c(=O)[nH]c23)c1. The number of amides is 1. The van der Waals surface area contributed by atoms with E-state index in [9.17, 15) is 9.59 Å². The van der Waals surface area contributed by atoms with Crippen LogP contribution in [-0.2, 0) is 6.54 Å². The monoisotopic (exact) mass is 281 g/mol. The molecule has 3 N–H and O–H groups in total. The van der Waals surface area contributed by atoms with Crippen LogP contribution in [0.25, 0.3) is 11.0 Å². The summed E-state index contributed by atoms with van der Waals surface area (Å²) in [5.74, 6) is -0.211. The van der Waals surface area contributed by atoms with E-state index in [-0.39, 0.29) is 11.6 Å². The van der Waals surface area contributed by atoms with Crippen molar-refractivity contribution in [2.75, 3.05) is 0 Å². The van der Waals surface area contributed by atoms with Gasteiger partial charge in [-0.1, -0.05) is 35.9 Å². The predicted molar refractivity (Wildman–Crippen MR) is 81.3 cm³/mol. The van der Waals surface area contributed by atoms with Gasteiger partial charge in [0.2, 0.25) is 0 Å². The molecule has 0 fully saturated rings. The number of aromatic amines is 2. The Morgan fingerprint density at radius 2 is 1.95 bits per heavy atom. The molecule has 5 nitrogen and oxygen atoms in total. The summed E-state index contributed by atoms with van der Waals surface area (Å²) in [4.78, 5) is 28.9. The molecule has 0 aliphatic rings. The lowest BCUT2D eigenvalue weighted by Crippen LogP contribution is -2.23. The first-order chi connectivity index (χ1) is 10.1. The van der Waals surface area contributed by atoms with Crippen molar-refractivity contribution in [3.8, 4) is 0 Å². The van der Waals surface area contributed by atoms with Gasteiger partial charge in [0.05, 0.1) is 16.6 Å². The molecule has 3 rings (SSSR count). The average Bonchev–Trinajstić information content (AvgIpc) is 2.84. The van der Waals surface area contributed by atoms with Crippen molar-refractivity contribution in [3.63, 3.8) is 0 Å². The van der Waals surface area contributed by atoms with Crippen molar-refractivity contribution in [1.82, 2.24) is 15.3 Å². The third-order valence-corrected chi connectivity index (χ3v) is 3.33. The summed E-state index contributed by atoms with van der Waals surface area (Å²) in [6.45, 7) is 2.46. The van der Waals surface area contributed by atoms with E-state index < -0.39 is 0 Å². The number of H-pyrrole nitrogens is 2. The first-order valence-corrected chi connectivity index (χ1v) is 6.68. The predicted octanol–water partition coefficient (Wildman–Crippen LogP) is 2.09. The van der Waals surface area contributed by atoms with Crippen LogP contribution < -0.4 is 11.0 Å². The second-order valence-electron chi connectivity index (χ2n) is 4.98. The van der Waals surface area contributed by atoms with Crippen LogP contribution in [0.15, 0.2) is 47.3 Å². The Morgan fingerprint density at radius 1 is 1.14 bits per heavy atom. The fourth-order valence-corrected chi connectivity index (χ4v) is 2.35. The summed E-state index contributed by atoms with van der Waals surface area (Å²) in [5.41, 5.74) is 3.49. The molecule has 5 heteroatoms. The number of benzene rings is 2. The van der Waals surface area contributed by atoms with Gasteiger partial charge in [-0.2, -0.15) is 0 Å². The van der Waals surface area contributed by atoms with Gasteiger partial charge < -0.3 is 15.3 Å². The highest BCUT2D eigenvalue weighted by Gasteiger charge is 2.11. The molecular formula is C16H15N3O2. The lowest BCUT2D eigenvalue weighted by atomic mass is 10.1. The summed E-state index contributed by atoms with van der Waals surface area (Å²) in [6.07, 6.45) is 0. The molecule has 0 saturated heterocycles. The van der Waals surface area contributed by atoms with Crippen LogP contribution in [0, 0.1) is 6.92 Å².